The minimum Gasteiger partial charge on any atom is -0.389 e. The number of para-hydroxylation sites is 1. The number of thiocarbonyl (C=S) groups is 1. The van der Waals surface area contributed by atoms with E-state index in [9.17, 15) is 4.79 Å². The maximum atomic E-state index is 12.2. The van der Waals surface area contributed by atoms with Crippen LogP contribution in [0.25, 0.3) is 0 Å². The van der Waals surface area contributed by atoms with Crippen LogP contribution in [0.2, 0.25) is 0 Å². The highest BCUT2D eigenvalue weighted by molar-refractivity contribution is 7.80. The van der Waals surface area contributed by atoms with E-state index in [1.165, 1.54) is 0 Å². The minimum atomic E-state index is -0.139. The molecule has 2 aromatic rings. The summed E-state index contributed by atoms with van der Waals surface area (Å²) in [6.07, 6.45) is 0.872. The Labute approximate surface area is 123 Å². The van der Waals surface area contributed by atoms with Crippen LogP contribution in [0.15, 0.2) is 48.5 Å². The number of hydrogen-bond acceptors (Lipinski definition) is 2. The lowest BCUT2D eigenvalue weighted by atomic mass is 10.1. The smallest absolute Gasteiger partial charge is 0.255 e. The van der Waals surface area contributed by atoms with Crippen molar-refractivity contribution in [2.75, 3.05) is 5.32 Å². The SMILES string of the molecule is CCc1ccccc1NC(=O)c1ccc(C(N)=S)cc1. The number of carbonyl (C=O) groups excluding carboxylic acids is 1. The van der Waals surface area contributed by atoms with Crippen LogP contribution in [-0.4, -0.2) is 10.9 Å². The number of nitrogens with two attached hydrogens (primary N) is 1. The van der Waals surface area contributed by atoms with Gasteiger partial charge < -0.3 is 11.1 Å². The topological polar surface area (TPSA) is 55.1 Å². The van der Waals surface area contributed by atoms with E-state index in [1.807, 2.05) is 24.3 Å². The summed E-state index contributed by atoms with van der Waals surface area (Å²) >= 11 is 4.89. The predicted molar refractivity (Wildman–Crippen MR) is 86.1 cm³/mol. The van der Waals surface area contributed by atoms with Gasteiger partial charge in [0.2, 0.25) is 0 Å². The fourth-order valence-corrected chi connectivity index (χ4v) is 2.07. The van der Waals surface area contributed by atoms with Crippen molar-refractivity contribution in [2.24, 2.45) is 5.73 Å². The third-order valence-electron chi connectivity index (χ3n) is 3.08. The number of carbonyl (C=O) groups is 1. The third-order valence-corrected chi connectivity index (χ3v) is 3.31. The van der Waals surface area contributed by atoms with Crippen molar-refractivity contribution in [3.05, 3.63) is 65.2 Å². The first-order valence-electron chi connectivity index (χ1n) is 6.41. The van der Waals surface area contributed by atoms with Crippen molar-refractivity contribution in [3.8, 4) is 0 Å². The van der Waals surface area contributed by atoms with Crippen molar-refractivity contribution in [2.45, 2.75) is 13.3 Å². The monoisotopic (exact) mass is 284 g/mol. The molecule has 0 fully saturated rings. The van der Waals surface area contributed by atoms with Gasteiger partial charge in [-0.3, -0.25) is 4.79 Å². The molecular formula is C16H16N2OS. The van der Waals surface area contributed by atoms with Crippen LogP contribution in [0.3, 0.4) is 0 Å². The molecule has 0 radical (unpaired) electrons. The highest BCUT2D eigenvalue weighted by atomic mass is 32.1. The van der Waals surface area contributed by atoms with E-state index in [2.05, 4.69) is 12.2 Å². The molecule has 0 saturated carbocycles. The van der Waals surface area contributed by atoms with Gasteiger partial charge in [-0.1, -0.05) is 49.5 Å². The van der Waals surface area contributed by atoms with E-state index >= 15 is 0 Å². The van der Waals surface area contributed by atoms with Gasteiger partial charge in [0.05, 0.1) is 0 Å². The van der Waals surface area contributed by atoms with Gasteiger partial charge in [-0.15, -0.1) is 0 Å². The molecule has 0 spiro atoms. The molecule has 20 heavy (non-hydrogen) atoms. The Kier molecular flexibility index (Phi) is 4.48. The van der Waals surface area contributed by atoms with Crippen LogP contribution >= 0.6 is 12.2 Å². The molecule has 4 heteroatoms. The number of amides is 1. The molecule has 0 bridgehead atoms. The molecule has 0 aliphatic carbocycles. The second-order valence-electron chi connectivity index (χ2n) is 4.41. The Hall–Kier alpha value is -2.20. The lowest BCUT2D eigenvalue weighted by Crippen LogP contribution is -2.14. The first kappa shape index (κ1) is 14.2. The molecule has 2 aromatic carbocycles. The summed E-state index contributed by atoms with van der Waals surface area (Å²) in [5, 5.41) is 2.92. The average molecular weight is 284 g/mol. The molecule has 0 heterocycles. The zero-order valence-corrected chi connectivity index (χ0v) is 12.0. The molecule has 102 valence electrons. The van der Waals surface area contributed by atoms with Gasteiger partial charge in [-0.05, 0) is 30.2 Å². The summed E-state index contributed by atoms with van der Waals surface area (Å²) in [6, 6.07) is 14.7. The third kappa shape index (κ3) is 3.22. The van der Waals surface area contributed by atoms with Crippen molar-refractivity contribution in [1.82, 2.24) is 0 Å². The normalized spacial score (nSPS) is 10.1. The molecule has 0 aromatic heterocycles. The van der Waals surface area contributed by atoms with Gasteiger partial charge in [0, 0.05) is 16.8 Å². The second kappa shape index (κ2) is 6.30. The number of aryl methyl sites for hydroxylation is 1. The van der Waals surface area contributed by atoms with Crippen LogP contribution in [-0.2, 0) is 6.42 Å². The zero-order chi connectivity index (χ0) is 14.5. The first-order chi connectivity index (χ1) is 9.61. The zero-order valence-electron chi connectivity index (χ0n) is 11.2. The predicted octanol–water partition coefficient (Wildman–Crippen LogP) is 3.14. The van der Waals surface area contributed by atoms with Crippen molar-refractivity contribution >= 4 is 28.8 Å². The van der Waals surface area contributed by atoms with E-state index in [-0.39, 0.29) is 5.91 Å². The Balaban J connectivity index is 2.17. The number of nitrogens with one attached hydrogen (secondary N) is 1. The average Bonchev–Trinajstić information content (AvgIpc) is 2.48. The van der Waals surface area contributed by atoms with Crippen LogP contribution in [0, 0.1) is 0 Å². The Bertz CT molecular complexity index is 635. The van der Waals surface area contributed by atoms with Gasteiger partial charge in [0.25, 0.3) is 5.91 Å². The molecule has 0 aliphatic rings. The molecule has 3 N–H and O–H groups in total. The lowest BCUT2D eigenvalue weighted by Gasteiger charge is -2.10. The lowest BCUT2D eigenvalue weighted by molar-refractivity contribution is 0.102. The number of anilines is 1. The molecule has 0 atom stereocenters. The summed E-state index contributed by atoms with van der Waals surface area (Å²) < 4.78 is 0. The van der Waals surface area contributed by atoms with E-state index in [0.29, 0.717) is 10.6 Å². The summed E-state index contributed by atoms with van der Waals surface area (Å²) in [6.45, 7) is 2.06. The molecule has 1 amide bonds. The van der Waals surface area contributed by atoms with E-state index in [0.717, 1.165) is 23.2 Å². The number of hydrogen-bond donors (Lipinski definition) is 2. The van der Waals surface area contributed by atoms with Crippen LogP contribution in [0.4, 0.5) is 5.69 Å². The van der Waals surface area contributed by atoms with Gasteiger partial charge >= 0.3 is 0 Å². The number of benzene rings is 2. The van der Waals surface area contributed by atoms with Crippen LogP contribution in [0.5, 0.6) is 0 Å². The summed E-state index contributed by atoms with van der Waals surface area (Å²) in [5.41, 5.74) is 8.82. The molecular weight excluding hydrogens is 268 g/mol. The fourth-order valence-electron chi connectivity index (χ4n) is 1.93. The summed E-state index contributed by atoms with van der Waals surface area (Å²) in [5.74, 6) is -0.139. The largest absolute Gasteiger partial charge is 0.389 e. The quantitative estimate of drug-likeness (QED) is 0.848. The van der Waals surface area contributed by atoms with E-state index in [4.69, 9.17) is 18.0 Å². The number of rotatable bonds is 4. The van der Waals surface area contributed by atoms with Crippen LogP contribution in [0.1, 0.15) is 28.4 Å². The van der Waals surface area contributed by atoms with Gasteiger partial charge in [0.1, 0.15) is 4.99 Å². The fraction of sp³-hybridized carbons (Fsp3) is 0.125. The molecule has 0 aliphatic heterocycles. The Morgan fingerprint density at radius 2 is 1.70 bits per heavy atom. The highest BCUT2D eigenvalue weighted by Gasteiger charge is 2.08. The van der Waals surface area contributed by atoms with Gasteiger partial charge in [-0.25, -0.2) is 0 Å². The summed E-state index contributed by atoms with van der Waals surface area (Å²) in [4.78, 5) is 12.5. The van der Waals surface area contributed by atoms with Crippen molar-refractivity contribution < 1.29 is 4.79 Å². The van der Waals surface area contributed by atoms with Gasteiger partial charge in [0.15, 0.2) is 0 Å². The molecule has 0 unspecified atom stereocenters. The maximum absolute atomic E-state index is 12.2. The molecule has 2 rings (SSSR count). The molecule has 3 nitrogen and oxygen atoms in total. The van der Waals surface area contributed by atoms with E-state index in [1.54, 1.807) is 24.3 Å². The van der Waals surface area contributed by atoms with E-state index < -0.39 is 0 Å². The Morgan fingerprint density at radius 3 is 2.30 bits per heavy atom. The van der Waals surface area contributed by atoms with Gasteiger partial charge in [-0.2, -0.15) is 0 Å². The van der Waals surface area contributed by atoms with Crippen molar-refractivity contribution in [3.63, 3.8) is 0 Å². The maximum Gasteiger partial charge on any atom is 0.255 e. The Morgan fingerprint density at radius 1 is 1.10 bits per heavy atom. The first-order valence-corrected chi connectivity index (χ1v) is 6.81. The van der Waals surface area contributed by atoms with Crippen LogP contribution < -0.4 is 11.1 Å². The molecule has 0 saturated heterocycles. The summed E-state index contributed by atoms with van der Waals surface area (Å²) in [7, 11) is 0. The minimum absolute atomic E-state index is 0.139. The second-order valence-corrected chi connectivity index (χ2v) is 4.85. The van der Waals surface area contributed by atoms with Crippen molar-refractivity contribution in [1.29, 1.82) is 0 Å². The highest BCUT2D eigenvalue weighted by Crippen LogP contribution is 2.16. The standard InChI is InChI=1S/C16H16N2OS/c1-2-11-5-3-4-6-14(11)18-16(19)13-9-7-12(8-10-13)15(17)20/h3-10H,2H2,1H3,(H2,17,20)(H,18,19).